The Morgan fingerprint density at radius 2 is 2.20 bits per heavy atom. The van der Waals surface area contributed by atoms with E-state index in [0.29, 0.717) is 11.8 Å². The van der Waals surface area contributed by atoms with Gasteiger partial charge >= 0.3 is 0 Å². The lowest BCUT2D eigenvalue weighted by Crippen LogP contribution is -2.36. The van der Waals surface area contributed by atoms with E-state index in [0.717, 1.165) is 18.2 Å². The first-order valence-corrected chi connectivity index (χ1v) is 5.71. The molecule has 1 atom stereocenters. The maximum atomic E-state index is 8.85. The third kappa shape index (κ3) is 2.61. The second kappa shape index (κ2) is 4.81. The van der Waals surface area contributed by atoms with E-state index < -0.39 is 0 Å². The molecule has 0 radical (unpaired) electrons. The molecule has 0 aromatic carbocycles. The van der Waals surface area contributed by atoms with Gasteiger partial charge in [-0.3, -0.25) is 0 Å². The van der Waals surface area contributed by atoms with Crippen LogP contribution in [-0.2, 0) is 13.2 Å². The van der Waals surface area contributed by atoms with Crippen LogP contribution >= 0.6 is 0 Å². The molecular formula is C12H19NO2. The number of hydrogen-bond acceptors (Lipinski definition) is 3. The second-order valence-corrected chi connectivity index (χ2v) is 4.39. The summed E-state index contributed by atoms with van der Waals surface area (Å²) < 4.78 is 5.40. The highest BCUT2D eigenvalue weighted by Crippen LogP contribution is 2.29. The van der Waals surface area contributed by atoms with Crippen LogP contribution in [0.2, 0.25) is 0 Å². The molecule has 0 spiro atoms. The Morgan fingerprint density at radius 1 is 1.47 bits per heavy atom. The minimum absolute atomic E-state index is 0.0157. The van der Waals surface area contributed by atoms with Crippen molar-refractivity contribution in [3.05, 3.63) is 23.7 Å². The largest absolute Gasteiger partial charge is 0.462 e. The lowest BCUT2D eigenvalue weighted by molar-refractivity contribution is 0.228. The van der Waals surface area contributed by atoms with Crippen LogP contribution in [0.4, 0.5) is 0 Å². The van der Waals surface area contributed by atoms with Crippen molar-refractivity contribution in [1.82, 2.24) is 5.32 Å². The van der Waals surface area contributed by atoms with E-state index in [4.69, 9.17) is 9.52 Å². The van der Waals surface area contributed by atoms with Crippen LogP contribution in [-0.4, -0.2) is 11.1 Å². The summed E-state index contributed by atoms with van der Waals surface area (Å²) in [5, 5.41) is 12.3. The van der Waals surface area contributed by atoms with Crippen molar-refractivity contribution in [1.29, 1.82) is 0 Å². The highest BCUT2D eigenvalue weighted by Gasteiger charge is 2.23. The Balaban J connectivity index is 1.76. The van der Waals surface area contributed by atoms with Gasteiger partial charge in [0.2, 0.25) is 0 Å². The first-order valence-electron chi connectivity index (χ1n) is 5.71. The zero-order chi connectivity index (χ0) is 10.7. The summed E-state index contributed by atoms with van der Waals surface area (Å²) in [6.07, 6.45) is 4.09. The van der Waals surface area contributed by atoms with E-state index in [1.54, 1.807) is 0 Å². The van der Waals surface area contributed by atoms with Crippen molar-refractivity contribution in [2.45, 2.75) is 45.4 Å². The van der Waals surface area contributed by atoms with E-state index in [1.807, 2.05) is 12.1 Å². The third-order valence-corrected chi connectivity index (χ3v) is 3.33. The molecule has 0 aliphatic heterocycles. The van der Waals surface area contributed by atoms with Crippen molar-refractivity contribution < 1.29 is 9.52 Å². The molecule has 15 heavy (non-hydrogen) atoms. The third-order valence-electron chi connectivity index (χ3n) is 3.33. The summed E-state index contributed by atoms with van der Waals surface area (Å²) in [6.45, 7) is 2.98. The van der Waals surface area contributed by atoms with Crippen LogP contribution in [0.1, 0.15) is 37.7 Å². The van der Waals surface area contributed by atoms with Gasteiger partial charge in [0, 0.05) is 6.04 Å². The van der Waals surface area contributed by atoms with Crippen molar-refractivity contribution >= 4 is 0 Å². The highest BCUT2D eigenvalue weighted by molar-refractivity contribution is 5.06. The molecule has 1 fully saturated rings. The Kier molecular flexibility index (Phi) is 3.44. The molecule has 1 unspecified atom stereocenters. The summed E-state index contributed by atoms with van der Waals surface area (Å²) >= 11 is 0. The molecule has 0 bridgehead atoms. The zero-order valence-electron chi connectivity index (χ0n) is 9.20. The lowest BCUT2D eigenvalue weighted by atomic mass is 9.80. The van der Waals surface area contributed by atoms with Crippen LogP contribution in [0.15, 0.2) is 16.5 Å². The van der Waals surface area contributed by atoms with Crippen LogP contribution in [0, 0.1) is 5.92 Å². The minimum atomic E-state index is -0.0157. The van der Waals surface area contributed by atoms with Gasteiger partial charge in [-0.1, -0.05) is 6.42 Å². The van der Waals surface area contributed by atoms with E-state index >= 15 is 0 Å². The van der Waals surface area contributed by atoms with Crippen molar-refractivity contribution in [2.24, 2.45) is 5.92 Å². The first-order chi connectivity index (χ1) is 7.29. The first kappa shape index (κ1) is 10.7. The molecule has 3 nitrogen and oxygen atoms in total. The van der Waals surface area contributed by atoms with Gasteiger partial charge in [0.05, 0.1) is 6.54 Å². The summed E-state index contributed by atoms with van der Waals surface area (Å²) in [7, 11) is 0. The van der Waals surface area contributed by atoms with Gasteiger partial charge in [-0.2, -0.15) is 0 Å². The van der Waals surface area contributed by atoms with Crippen LogP contribution in [0.3, 0.4) is 0 Å². The number of furan rings is 1. The molecule has 0 saturated heterocycles. The fourth-order valence-corrected chi connectivity index (χ4v) is 1.97. The molecule has 0 amide bonds. The molecule has 1 aromatic rings. The molecule has 1 aliphatic carbocycles. The van der Waals surface area contributed by atoms with E-state index in [-0.39, 0.29) is 6.61 Å². The summed E-state index contributed by atoms with van der Waals surface area (Å²) in [5.41, 5.74) is 0. The fourth-order valence-electron chi connectivity index (χ4n) is 1.97. The Morgan fingerprint density at radius 3 is 2.73 bits per heavy atom. The molecule has 1 heterocycles. The van der Waals surface area contributed by atoms with Gasteiger partial charge in [-0.15, -0.1) is 0 Å². The molecule has 1 aliphatic rings. The highest BCUT2D eigenvalue weighted by atomic mass is 16.4. The van der Waals surface area contributed by atoms with Gasteiger partial charge in [0.15, 0.2) is 0 Å². The second-order valence-electron chi connectivity index (χ2n) is 4.39. The average Bonchev–Trinajstić information content (AvgIpc) is 2.59. The lowest BCUT2D eigenvalue weighted by Gasteiger charge is -2.31. The number of rotatable bonds is 5. The molecule has 3 heteroatoms. The predicted molar refractivity (Wildman–Crippen MR) is 58.3 cm³/mol. The molecular weight excluding hydrogens is 190 g/mol. The zero-order valence-corrected chi connectivity index (χ0v) is 9.20. The number of nitrogens with one attached hydrogen (secondary N) is 1. The van der Waals surface area contributed by atoms with E-state index in [9.17, 15) is 0 Å². The quantitative estimate of drug-likeness (QED) is 0.780. The van der Waals surface area contributed by atoms with Crippen LogP contribution in [0.5, 0.6) is 0 Å². The topological polar surface area (TPSA) is 45.4 Å². The number of aliphatic hydroxyl groups excluding tert-OH is 1. The van der Waals surface area contributed by atoms with E-state index in [2.05, 4.69) is 12.2 Å². The predicted octanol–water partition coefficient (Wildman–Crippen LogP) is 2.05. The van der Waals surface area contributed by atoms with Gasteiger partial charge in [-0.05, 0) is 37.8 Å². The van der Waals surface area contributed by atoms with Gasteiger partial charge in [0.25, 0.3) is 0 Å². The maximum absolute atomic E-state index is 8.85. The molecule has 84 valence electrons. The average molecular weight is 209 g/mol. The summed E-state index contributed by atoms with van der Waals surface area (Å²) in [4.78, 5) is 0. The van der Waals surface area contributed by atoms with Crippen molar-refractivity contribution in [2.75, 3.05) is 0 Å². The van der Waals surface area contributed by atoms with Crippen LogP contribution < -0.4 is 5.32 Å². The Bertz CT molecular complexity index is 304. The molecule has 2 N–H and O–H groups in total. The Hall–Kier alpha value is -0.800. The maximum Gasteiger partial charge on any atom is 0.129 e. The Labute approximate surface area is 90.5 Å². The smallest absolute Gasteiger partial charge is 0.129 e. The van der Waals surface area contributed by atoms with Crippen molar-refractivity contribution in [3.8, 4) is 0 Å². The molecule has 1 aromatic heterocycles. The standard InChI is InChI=1S/C12H19NO2/c1-9(10-3-2-4-10)13-7-11-5-6-12(8-14)15-11/h5-6,9-10,13-14H,2-4,7-8H2,1H3. The molecule has 1 saturated carbocycles. The number of aliphatic hydroxyl groups is 1. The van der Waals surface area contributed by atoms with Crippen molar-refractivity contribution in [3.63, 3.8) is 0 Å². The molecule has 2 rings (SSSR count). The monoisotopic (exact) mass is 209 g/mol. The van der Waals surface area contributed by atoms with E-state index in [1.165, 1.54) is 19.3 Å². The van der Waals surface area contributed by atoms with Gasteiger partial charge in [-0.25, -0.2) is 0 Å². The minimum Gasteiger partial charge on any atom is -0.462 e. The summed E-state index contributed by atoms with van der Waals surface area (Å²) in [5.74, 6) is 2.39. The SMILES string of the molecule is CC(NCc1ccc(CO)o1)C1CCC1. The van der Waals surface area contributed by atoms with Crippen LogP contribution in [0.25, 0.3) is 0 Å². The number of hydrogen-bond donors (Lipinski definition) is 2. The normalized spacial score (nSPS) is 18.8. The fraction of sp³-hybridized carbons (Fsp3) is 0.667. The van der Waals surface area contributed by atoms with Gasteiger partial charge in [0.1, 0.15) is 18.1 Å². The van der Waals surface area contributed by atoms with Gasteiger partial charge < -0.3 is 14.8 Å². The summed E-state index contributed by atoms with van der Waals surface area (Å²) in [6, 6.07) is 4.32.